The maximum atomic E-state index is 6.07. The summed E-state index contributed by atoms with van der Waals surface area (Å²) in [5.41, 5.74) is 11.9. The predicted molar refractivity (Wildman–Crippen MR) is 87.5 cm³/mol. The summed E-state index contributed by atoms with van der Waals surface area (Å²) in [4.78, 5) is 0. The molecule has 0 aliphatic rings. The molecule has 0 saturated carbocycles. The van der Waals surface area contributed by atoms with Crippen molar-refractivity contribution in [2.45, 2.75) is 20.8 Å². The van der Waals surface area contributed by atoms with Gasteiger partial charge in [-0.25, -0.2) is 0 Å². The van der Waals surface area contributed by atoms with Crippen LogP contribution >= 0.6 is 27.5 Å². The minimum atomic E-state index is 0.568. The van der Waals surface area contributed by atoms with E-state index in [9.17, 15) is 0 Å². The fourth-order valence-electron chi connectivity index (χ4n) is 2.01. The van der Waals surface area contributed by atoms with E-state index in [2.05, 4.69) is 47.2 Å². The molecule has 0 atom stereocenters. The summed E-state index contributed by atoms with van der Waals surface area (Å²) < 4.78 is 1.14. The van der Waals surface area contributed by atoms with Crippen LogP contribution in [-0.4, -0.2) is 0 Å². The van der Waals surface area contributed by atoms with E-state index in [4.69, 9.17) is 17.3 Å². The Kier molecular flexibility index (Phi) is 4.07. The SMILES string of the molecule is Cc1cc(N)c(Cl)cc1Nc1cc(C)c(Br)c(C)c1. The van der Waals surface area contributed by atoms with Crippen LogP contribution in [0.25, 0.3) is 0 Å². The number of hydrogen-bond acceptors (Lipinski definition) is 2. The summed E-state index contributed by atoms with van der Waals surface area (Å²) >= 11 is 9.64. The van der Waals surface area contributed by atoms with Crippen molar-refractivity contribution in [2.24, 2.45) is 0 Å². The molecular weight excluding hydrogens is 324 g/mol. The molecule has 0 aromatic heterocycles. The van der Waals surface area contributed by atoms with Gasteiger partial charge in [0.2, 0.25) is 0 Å². The van der Waals surface area contributed by atoms with E-state index in [1.54, 1.807) is 0 Å². The van der Waals surface area contributed by atoms with Crippen LogP contribution in [0.15, 0.2) is 28.7 Å². The number of nitrogens with two attached hydrogens (primary N) is 1. The van der Waals surface area contributed by atoms with E-state index in [-0.39, 0.29) is 0 Å². The van der Waals surface area contributed by atoms with Crippen LogP contribution in [0.4, 0.5) is 17.1 Å². The van der Waals surface area contributed by atoms with E-state index in [0.717, 1.165) is 21.4 Å². The highest BCUT2D eigenvalue weighted by Gasteiger charge is 2.06. The van der Waals surface area contributed by atoms with Crippen molar-refractivity contribution in [2.75, 3.05) is 11.1 Å². The summed E-state index contributed by atoms with van der Waals surface area (Å²) in [5.74, 6) is 0. The van der Waals surface area contributed by atoms with Crippen LogP contribution in [-0.2, 0) is 0 Å². The smallest absolute Gasteiger partial charge is 0.0656 e. The van der Waals surface area contributed by atoms with Gasteiger partial charge < -0.3 is 11.1 Å². The zero-order valence-electron chi connectivity index (χ0n) is 11.1. The molecule has 19 heavy (non-hydrogen) atoms. The van der Waals surface area contributed by atoms with Crippen molar-refractivity contribution in [3.8, 4) is 0 Å². The highest BCUT2D eigenvalue weighted by Crippen LogP contribution is 2.31. The molecule has 4 heteroatoms. The third-order valence-electron chi connectivity index (χ3n) is 3.06. The van der Waals surface area contributed by atoms with Crippen LogP contribution in [0.2, 0.25) is 5.02 Å². The Bertz CT molecular complexity index is 615. The average Bonchev–Trinajstić information content (AvgIpc) is 2.33. The van der Waals surface area contributed by atoms with Crippen molar-refractivity contribution < 1.29 is 0 Å². The molecule has 0 aliphatic heterocycles. The predicted octanol–water partition coefficient (Wildman–Crippen LogP) is 5.35. The number of hydrogen-bond donors (Lipinski definition) is 2. The minimum absolute atomic E-state index is 0.568. The molecule has 0 amide bonds. The largest absolute Gasteiger partial charge is 0.398 e. The van der Waals surface area contributed by atoms with Crippen molar-refractivity contribution in [3.63, 3.8) is 0 Å². The lowest BCUT2D eigenvalue weighted by Gasteiger charge is -2.14. The fraction of sp³-hybridized carbons (Fsp3) is 0.200. The van der Waals surface area contributed by atoms with Crippen LogP contribution in [0, 0.1) is 20.8 Å². The number of benzene rings is 2. The summed E-state index contributed by atoms with van der Waals surface area (Å²) in [6, 6.07) is 7.93. The molecule has 2 aromatic rings. The van der Waals surface area contributed by atoms with E-state index < -0.39 is 0 Å². The molecule has 100 valence electrons. The standard InChI is InChI=1S/C15H16BrClN2/c1-8-6-13(18)12(17)7-14(8)19-11-4-9(2)15(16)10(3)5-11/h4-7,19H,18H2,1-3H3. The van der Waals surface area contributed by atoms with Gasteiger partial charge in [-0.05, 0) is 61.7 Å². The van der Waals surface area contributed by atoms with Crippen LogP contribution < -0.4 is 11.1 Å². The maximum Gasteiger partial charge on any atom is 0.0656 e. The zero-order valence-corrected chi connectivity index (χ0v) is 13.5. The molecule has 3 N–H and O–H groups in total. The van der Waals surface area contributed by atoms with Crippen LogP contribution in [0.3, 0.4) is 0 Å². The lowest BCUT2D eigenvalue weighted by molar-refractivity contribution is 1.33. The first-order valence-corrected chi connectivity index (χ1v) is 7.15. The summed E-state index contributed by atoms with van der Waals surface area (Å²) in [6.45, 7) is 6.16. The number of nitrogens with one attached hydrogen (secondary N) is 1. The van der Waals surface area contributed by atoms with Gasteiger partial charge in [-0.1, -0.05) is 27.5 Å². The normalized spacial score (nSPS) is 10.6. The first kappa shape index (κ1) is 14.2. The molecular formula is C15H16BrClN2. The third kappa shape index (κ3) is 3.04. The number of rotatable bonds is 2. The zero-order chi connectivity index (χ0) is 14.2. The lowest BCUT2D eigenvalue weighted by Crippen LogP contribution is -1.97. The molecule has 2 nitrogen and oxygen atoms in total. The van der Waals surface area contributed by atoms with Crippen molar-refractivity contribution >= 4 is 44.6 Å². The fourth-order valence-corrected chi connectivity index (χ4v) is 2.40. The van der Waals surface area contributed by atoms with Gasteiger partial charge in [0.05, 0.1) is 10.7 Å². The highest BCUT2D eigenvalue weighted by molar-refractivity contribution is 9.10. The Labute approximate surface area is 127 Å². The number of aryl methyl sites for hydroxylation is 3. The van der Waals surface area contributed by atoms with E-state index in [1.165, 1.54) is 11.1 Å². The Morgan fingerprint density at radius 2 is 1.58 bits per heavy atom. The second-order valence-electron chi connectivity index (χ2n) is 4.74. The molecule has 0 spiro atoms. The van der Waals surface area contributed by atoms with Crippen molar-refractivity contribution in [3.05, 3.63) is 50.5 Å². The van der Waals surface area contributed by atoms with Gasteiger partial charge in [0, 0.05) is 15.8 Å². The summed E-state index contributed by atoms with van der Waals surface area (Å²) in [6.07, 6.45) is 0. The third-order valence-corrected chi connectivity index (χ3v) is 4.64. The molecule has 0 saturated heterocycles. The second-order valence-corrected chi connectivity index (χ2v) is 5.94. The van der Waals surface area contributed by atoms with Gasteiger partial charge in [-0.15, -0.1) is 0 Å². The van der Waals surface area contributed by atoms with Crippen molar-refractivity contribution in [1.29, 1.82) is 0 Å². The Morgan fingerprint density at radius 3 is 2.16 bits per heavy atom. The number of anilines is 3. The minimum Gasteiger partial charge on any atom is -0.398 e. The van der Waals surface area contributed by atoms with Gasteiger partial charge in [0.1, 0.15) is 0 Å². The van der Waals surface area contributed by atoms with E-state index in [1.807, 2.05) is 19.1 Å². The van der Waals surface area contributed by atoms with E-state index in [0.29, 0.717) is 10.7 Å². The second kappa shape index (κ2) is 5.43. The Morgan fingerprint density at radius 1 is 1.00 bits per heavy atom. The van der Waals surface area contributed by atoms with Gasteiger partial charge in [0.25, 0.3) is 0 Å². The Balaban J connectivity index is 2.39. The van der Waals surface area contributed by atoms with Crippen LogP contribution in [0.1, 0.15) is 16.7 Å². The molecule has 0 unspecified atom stereocenters. The molecule has 0 radical (unpaired) electrons. The van der Waals surface area contributed by atoms with Gasteiger partial charge >= 0.3 is 0 Å². The lowest BCUT2D eigenvalue weighted by atomic mass is 10.1. The maximum absolute atomic E-state index is 6.07. The van der Waals surface area contributed by atoms with Gasteiger partial charge in [-0.2, -0.15) is 0 Å². The van der Waals surface area contributed by atoms with E-state index >= 15 is 0 Å². The molecule has 2 aromatic carbocycles. The first-order chi connectivity index (χ1) is 8.88. The average molecular weight is 340 g/mol. The van der Waals surface area contributed by atoms with Crippen LogP contribution in [0.5, 0.6) is 0 Å². The first-order valence-electron chi connectivity index (χ1n) is 5.98. The highest BCUT2D eigenvalue weighted by atomic mass is 79.9. The number of halogens is 2. The molecule has 0 fully saturated rings. The topological polar surface area (TPSA) is 38.0 Å². The quantitative estimate of drug-likeness (QED) is 0.723. The van der Waals surface area contributed by atoms with Crippen molar-refractivity contribution in [1.82, 2.24) is 0 Å². The monoisotopic (exact) mass is 338 g/mol. The Hall–Kier alpha value is -1.19. The van der Waals surface area contributed by atoms with Gasteiger partial charge in [-0.3, -0.25) is 0 Å². The summed E-state index contributed by atoms with van der Waals surface area (Å²) in [5, 5.41) is 3.96. The van der Waals surface area contributed by atoms with Gasteiger partial charge in [0.15, 0.2) is 0 Å². The number of nitrogen functional groups attached to an aromatic ring is 1. The summed E-state index contributed by atoms with van der Waals surface area (Å²) in [7, 11) is 0. The molecule has 0 aliphatic carbocycles. The molecule has 0 bridgehead atoms. The molecule has 0 heterocycles. The molecule has 2 rings (SSSR count).